The molecule has 0 spiro atoms. The van der Waals surface area contributed by atoms with Gasteiger partial charge in [-0.2, -0.15) is 21.9 Å². The molecule has 16 heteroatoms. The molecule has 0 bridgehead atoms. The maximum atomic E-state index is 11.9. The number of nitrogens with zero attached hydrogens (tertiary/aromatic N) is 2. The van der Waals surface area contributed by atoms with Crippen molar-refractivity contribution in [3.8, 4) is 5.75 Å². The van der Waals surface area contributed by atoms with Crippen LogP contribution in [0, 0.1) is 0 Å². The molecule has 7 N–H and O–H groups in total. The van der Waals surface area contributed by atoms with Crippen molar-refractivity contribution < 1.29 is 50.8 Å². The fraction of sp³-hybridized carbons (Fsp3) is 0. The second kappa shape index (κ2) is 8.34. The largest absolute Gasteiger partial charge is 0.507 e. The highest BCUT2D eigenvalue weighted by atomic mass is 32.2. The van der Waals surface area contributed by atoms with E-state index in [1.807, 2.05) is 0 Å². The van der Waals surface area contributed by atoms with E-state index in [4.69, 9.17) is 15.9 Å². The summed E-state index contributed by atoms with van der Waals surface area (Å²) >= 11 is 0. The van der Waals surface area contributed by atoms with Crippen molar-refractivity contribution >= 4 is 60.0 Å². The number of hydrogen-bond donors (Lipinski definition) is 6. The first-order valence-corrected chi connectivity index (χ1v) is 11.5. The van der Waals surface area contributed by atoms with Crippen LogP contribution < -0.4 is 5.73 Å². The second-order valence-corrected chi connectivity index (χ2v) is 9.52. The molecule has 0 unspecified atom stereocenters. The zero-order valence-electron chi connectivity index (χ0n) is 16.4. The van der Waals surface area contributed by atoms with Crippen molar-refractivity contribution in [2.75, 3.05) is 5.73 Å². The molecule has 178 valence electrons. The molecule has 3 aromatic rings. The van der Waals surface area contributed by atoms with Crippen molar-refractivity contribution in [3.63, 3.8) is 0 Å². The number of phenolic OH excluding ortho intramolecular Hbond substituents is 1. The number of carbonyl (C=O) groups is 2. The summed E-state index contributed by atoms with van der Waals surface area (Å²) in [6.07, 6.45) is 0. The Morgan fingerprint density at radius 2 is 1.35 bits per heavy atom. The van der Waals surface area contributed by atoms with Crippen molar-refractivity contribution in [2.24, 2.45) is 10.2 Å². The van der Waals surface area contributed by atoms with Crippen LogP contribution in [0.2, 0.25) is 0 Å². The van der Waals surface area contributed by atoms with E-state index >= 15 is 0 Å². The van der Waals surface area contributed by atoms with Crippen LogP contribution in [0.15, 0.2) is 56.4 Å². The molecule has 0 fully saturated rings. The fourth-order valence-corrected chi connectivity index (χ4v) is 4.17. The van der Waals surface area contributed by atoms with Crippen molar-refractivity contribution in [3.05, 3.63) is 47.5 Å². The number of rotatable bonds is 6. The van der Waals surface area contributed by atoms with Crippen molar-refractivity contribution in [1.82, 2.24) is 0 Å². The number of nitrogen functional groups attached to an aromatic ring is 1. The van der Waals surface area contributed by atoms with Crippen molar-refractivity contribution in [2.45, 2.75) is 9.79 Å². The van der Waals surface area contributed by atoms with E-state index in [-0.39, 0.29) is 16.5 Å². The quantitative estimate of drug-likeness (QED) is 0.158. The molecule has 0 saturated carbocycles. The van der Waals surface area contributed by atoms with Crippen LogP contribution in [0.25, 0.3) is 10.8 Å². The van der Waals surface area contributed by atoms with Gasteiger partial charge < -0.3 is 21.1 Å². The number of aromatic hydroxyl groups is 1. The summed E-state index contributed by atoms with van der Waals surface area (Å²) in [7, 11) is -9.88. The molecule has 34 heavy (non-hydrogen) atoms. The zero-order valence-corrected chi connectivity index (χ0v) is 18.1. The van der Waals surface area contributed by atoms with Gasteiger partial charge in [-0.1, -0.05) is 0 Å². The standard InChI is InChI=1S/C18H13N3O11S2/c19-15-14-7(4-11(6-12(14)22)33(27,28)29)5-13(34(30,31)32)16(15)21-20-10-2-8(17(23)24)1-9(3-10)18(25)26/h1-6,22H,19H2,(H,23,24)(H,25,26)(H,27,28,29)(H,30,31,32). The number of fused-ring (bicyclic) bond motifs is 1. The van der Waals surface area contributed by atoms with E-state index in [2.05, 4.69) is 10.2 Å². The third kappa shape index (κ3) is 4.79. The van der Waals surface area contributed by atoms with E-state index in [1.54, 1.807) is 0 Å². The molecule has 3 rings (SSSR count). The van der Waals surface area contributed by atoms with Gasteiger partial charge in [-0.3, -0.25) is 9.11 Å². The monoisotopic (exact) mass is 511 g/mol. The third-order valence-electron chi connectivity index (χ3n) is 4.42. The number of anilines is 1. The minimum Gasteiger partial charge on any atom is -0.507 e. The van der Waals surface area contributed by atoms with Gasteiger partial charge in [0.15, 0.2) is 0 Å². The minimum absolute atomic E-state index is 0.306. The van der Waals surface area contributed by atoms with Crippen LogP contribution >= 0.6 is 0 Å². The predicted molar refractivity (Wildman–Crippen MR) is 114 cm³/mol. The first kappa shape index (κ1) is 24.5. The normalized spacial score (nSPS) is 12.3. The summed E-state index contributed by atoms with van der Waals surface area (Å²) in [6, 6.07) is 4.84. The number of benzene rings is 3. The van der Waals surface area contributed by atoms with Gasteiger partial charge in [-0.05, 0) is 35.7 Å². The smallest absolute Gasteiger partial charge is 0.335 e. The summed E-state index contributed by atoms with van der Waals surface area (Å²) in [6.45, 7) is 0. The Labute approximate surface area is 190 Å². The lowest BCUT2D eigenvalue weighted by atomic mass is 10.1. The van der Waals surface area contributed by atoms with Gasteiger partial charge in [-0.15, -0.1) is 5.11 Å². The average molecular weight is 511 g/mol. The Kier molecular flexibility index (Phi) is 6.02. The lowest BCUT2D eigenvalue weighted by Crippen LogP contribution is -2.03. The maximum Gasteiger partial charge on any atom is 0.335 e. The third-order valence-corrected chi connectivity index (χ3v) is 6.12. The molecule has 0 saturated heterocycles. The predicted octanol–water partition coefficient (Wildman–Crippen LogP) is 2.43. The lowest BCUT2D eigenvalue weighted by Gasteiger charge is -2.12. The first-order valence-electron chi connectivity index (χ1n) is 8.67. The molecule has 0 aromatic heterocycles. The Morgan fingerprint density at radius 3 is 1.82 bits per heavy atom. The van der Waals surface area contributed by atoms with E-state index in [0.717, 1.165) is 24.3 Å². The van der Waals surface area contributed by atoms with Gasteiger partial charge in [0.25, 0.3) is 20.2 Å². The highest BCUT2D eigenvalue weighted by Crippen LogP contribution is 2.43. The molecule has 0 radical (unpaired) electrons. The Hall–Kier alpha value is -4.12. The fourth-order valence-electron chi connectivity index (χ4n) is 2.96. The number of aromatic carboxylic acids is 2. The van der Waals surface area contributed by atoms with E-state index in [1.165, 1.54) is 0 Å². The maximum absolute atomic E-state index is 11.9. The summed E-state index contributed by atoms with van der Waals surface area (Å²) in [5.74, 6) is -3.76. The van der Waals surface area contributed by atoms with Crippen LogP contribution in [0.5, 0.6) is 5.75 Å². The topological polar surface area (TPSA) is 254 Å². The van der Waals surface area contributed by atoms with E-state index in [9.17, 15) is 40.6 Å². The SMILES string of the molecule is Nc1c(N=Nc2cc(C(=O)O)cc(C(=O)O)c2)c(S(=O)(=O)O)cc2cc(S(=O)(=O)O)cc(O)c12. The van der Waals surface area contributed by atoms with E-state index in [0.29, 0.717) is 12.1 Å². The van der Waals surface area contributed by atoms with E-state index < -0.39 is 70.2 Å². The molecule has 14 nitrogen and oxygen atoms in total. The van der Waals surface area contributed by atoms with Crippen molar-refractivity contribution in [1.29, 1.82) is 0 Å². The molecule has 3 aromatic carbocycles. The molecule has 0 atom stereocenters. The second-order valence-electron chi connectivity index (χ2n) is 6.71. The Morgan fingerprint density at radius 1 is 0.794 bits per heavy atom. The molecule has 0 aliphatic heterocycles. The minimum atomic E-state index is -5.07. The molecule has 0 heterocycles. The van der Waals surface area contributed by atoms with Gasteiger partial charge in [0.1, 0.15) is 16.3 Å². The van der Waals surface area contributed by atoms with Gasteiger partial charge in [0.05, 0.1) is 27.4 Å². The zero-order chi connectivity index (χ0) is 25.6. The van der Waals surface area contributed by atoms with Gasteiger partial charge >= 0.3 is 11.9 Å². The number of phenols is 1. The summed E-state index contributed by atoms with van der Waals surface area (Å²) in [4.78, 5) is 20.7. The van der Waals surface area contributed by atoms with Crippen LogP contribution in [-0.2, 0) is 20.2 Å². The number of carboxylic acids is 2. The average Bonchev–Trinajstić information content (AvgIpc) is 2.70. The molecule has 0 aliphatic carbocycles. The van der Waals surface area contributed by atoms with Gasteiger partial charge in [-0.25, -0.2) is 9.59 Å². The molecule has 0 amide bonds. The summed E-state index contributed by atoms with van der Waals surface area (Å²) < 4.78 is 65.5. The Bertz CT molecular complexity index is 1600. The number of azo groups is 1. The highest BCUT2D eigenvalue weighted by Gasteiger charge is 2.24. The van der Waals surface area contributed by atoms with Crippen LogP contribution in [-0.4, -0.2) is 53.2 Å². The molecular weight excluding hydrogens is 498 g/mol. The number of carboxylic acid groups (broad SMARTS) is 2. The lowest BCUT2D eigenvalue weighted by molar-refractivity contribution is 0.0696. The molecule has 0 aliphatic rings. The summed E-state index contributed by atoms with van der Waals surface area (Å²) in [5, 5.41) is 35.1. The Balaban J connectivity index is 2.32. The van der Waals surface area contributed by atoms with Crippen LogP contribution in [0.3, 0.4) is 0 Å². The first-order chi connectivity index (χ1) is 15.6. The molecular formula is C18H13N3O11S2. The van der Waals surface area contributed by atoms with Crippen LogP contribution in [0.1, 0.15) is 20.7 Å². The number of nitrogens with two attached hydrogens (primary N) is 1. The highest BCUT2D eigenvalue weighted by molar-refractivity contribution is 7.86. The van der Waals surface area contributed by atoms with Gasteiger partial charge in [0.2, 0.25) is 0 Å². The number of hydrogen-bond acceptors (Lipinski definition) is 10. The summed E-state index contributed by atoms with van der Waals surface area (Å²) in [5.41, 5.74) is 3.34. The van der Waals surface area contributed by atoms with Crippen LogP contribution in [0.4, 0.5) is 17.1 Å². The van der Waals surface area contributed by atoms with Gasteiger partial charge in [0, 0.05) is 11.5 Å².